The molecule has 15 heavy (non-hydrogen) atoms. The standard InChI is InChI=1S/C10H14BF2NO/c11-7-1-9(6-15)3-8(4-10(8,12)13)5-14(9)2-7/h7,15H,1-6H2. The number of aliphatic hydroxyl groups is 1. The fraction of sp³-hybridized carbons (Fsp3) is 1.00. The molecule has 3 unspecified atom stereocenters. The van der Waals surface area contributed by atoms with Gasteiger partial charge in [-0.15, -0.1) is 0 Å². The molecule has 2 saturated heterocycles. The predicted molar refractivity (Wildman–Crippen MR) is 52.1 cm³/mol. The number of aliphatic hydroxyl groups excluding tert-OH is 1. The van der Waals surface area contributed by atoms with Crippen molar-refractivity contribution in [1.29, 1.82) is 0 Å². The molecule has 1 spiro atoms. The maximum Gasteiger partial charge on any atom is 0.255 e. The second kappa shape index (κ2) is 2.56. The molecule has 0 amide bonds. The summed E-state index contributed by atoms with van der Waals surface area (Å²) in [6.07, 6.45) is 1.06. The Morgan fingerprint density at radius 2 is 2.07 bits per heavy atom. The fourth-order valence-corrected chi connectivity index (χ4v) is 3.59. The first-order valence-electron chi connectivity index (χ1n) is 5.42. The van der Waals surface area contributed by atoms with E-state index in [-0.39, 0.29) is 18.8 Å². The van der Waals surface area contributed by atoms with Crippen LogP contribution in [0, 0.1) is 5.41 Å². The lowest BCUT2D eigenvalue weighted by atomic mass is 9.78. The number of nitrogens with zero attached hydrogens (tertiary/aromatic N) is 1. The minimum Gasteiger partial charge on any atom is -0.394 e. The first kappa shape index (κ1) is 10.0. The minimum absolute atomic E-state index is 0.00646. The van der Waals surface area contributed by atoms with E-state index in [0.717, 1.165) is 0 Å². The number of alkyl halides is 2. The largest absolute Gasteiger partial charge is 0.394 e. The van der Waals surface area contributed by atoms with Crippen LogP contribution in [0.1, 0.15) is 19.3 Å². The van der Waals surface area contributed by atoms with Crippen LogP contribution in [0.25, 0.3) is 0 Å². The zero-order chi connectivity index (χ0) is 10.9. The molecule has 3 aliphatic rings. The van der Waals surface area contributed by atoms with Crippen LogP contribution in [0.15, 0.2) is 0 Å². The Morgan fingerprint density at radius 1 is 1.40 bits per heavy atom. The highest BCUT2D eigenvalue weighted by molar-refractivity contribution is 6.12. The lowest BCUT2D eigenvalue weighted by Crippen LogP contribution is -2.41. The van der Waals surface area contributed by atoms with Crippen molar-refractivity contribution >= 4 is 7.85 Å². The van der Waals surface area contributed by atoms with Crippen molar-refractivity contribution < 1.29 is 13.9 Å². The molecule has 82 valence electrons. The van der Waals surface area contributed by atoms with E-state index in [1.807, 2.05) is 4.90 Å². The minimum atomic E-state index is -2.51. The molecular formula is C10H14BF2NO. The number of hydrogen-bond acceptors (Lipinski definition) is 2. The van der Waals surface area contributed by atoms with Crippen LogP contribution in [-0.4, -0.2) is 49.0 Å². The van der Waals surface area contributed by atoms with Crippen LogP contribution in [0.4, 0.5) is 8.78 Å². The van der Waals surface area contributed by atoms with Gasteiger partial charge in [0.15, 0.2) is 0 Å². The van der Waals surface area contributed by atoms with E-state index in [1.165, 1.54) is 0 Å². The van der Waals surface area contributed by atoms with Gasteiger partial charge in [-0.2, -0.15) is 0 Å². The number of hydrogen-bond donors (Lipinski definition) is 1. The summed E-state index contributed by atoms with van der Waals surface area (Å²) in [5.74, 6) is -2.48. The third-order valence-electron chi connectivity index (χ3n) is 4.43. The van der Waals surface area contributed by atoms with Gasteiger partial charge in [0, 0.05) is 18.5 Å². The summed E-state index contributed by atoms with van der Waals surface area (Å²) in [6.45, 7) is 1.02. The maximum atomic E-state index is 13.3. The lowest BCUT2D eigenvalue weighted by Gasteiger charge is -2.29. The maximum absolute atomic E-state index is 13.3. The molecule has 3 rings (SSSR count). The molecule has 2 aliphatic heterocycles. The molecule has 5 heteroatoms. The van der Waals surface area contributed by atoms with Crippen molar-refractivity contribution in [3.8, 4) is 0 Å². The number of fused-ring (bicyclic) bond motifs is 1. The van der Waals surface area contributed by atoms with Crippen LogP contribution in [0.3, 0.4) is 0 Å². The predicted octanol–water partition coefficient (Wildman–Crippen LogP) is 0.809. The van der Waals surface area contributed by atoms with Crippen molar-refractivity contribution in [2.75, 3.05) is 19.7 Å². The molecule has 2 nitrogen and oxygen atoms in total. The highest BCUT2D eigenvalue weighted by atomic mass is 19.3. The summed E-state index contributed by atoms with van der Waals surface area (Å²) in [5.41, 5.74) is -1.28. The number of rotatable bonds is 1. The molecule has 0 bridgehead atoms. The molecule has 0 aromatic carbocycles. The van der Waals surface area contributed by atoms with Crippen LogP contribution in [-0.2, 0) is 0 Å². The SMILES string of the molecule is [B]C1CN2CC3(CC2(CO)C1)CC3(F)F. The molecule has 2 radical (unpaired) electrons. The molecule has 3 atom stereocenters. The van der Waals surface area contributed by atoms with Crippen molar-refractivity contribution in [2.45, 2.75) is 36.5 Å². The van der Waals surface area contributed by atoms with Crippen molar-refractivity contribution in [1.82, 2.24) is 4.90 Å². The highest BCUT2D eigenvalue weighted by Crippen LogP contribution is 2.69. The summed E-state index contributed by atoms with van der Waals surface area (Å²) in [5, 5.41) is 9.43. The van der Waals surface area contributed by atoms with E-state index >= 15 is 0 Å². The molecule has 1 N–H and O–H groups in total. The molecule has 1 aliphatic carbocycles. The smallest absolute Gasteiger partial charge is 0.255 e. The van der Waals surface area contributed by atoms with Crippen LogP contribution in [0.2, 0.25) is 5.82 Å². The zero-order valence-corrected chi connectivity index (χ0v) is 8.55. The summed E-state index contributed by atoms with van der Waals surface area (Å²) < 4.78 is 26.5. The van der Waals surface area contributed by atoms with Crippen molar-refractivity contribution in [2.24, 2.45) is 5.41 Å². The van der Waals surface area contributed by atoms with Gasteiger partial charge in [0.25, 0.3) is 5.92 Å². The third-order valence-corrected chi connectivity index (χ3v) is 4.43. The van der Waals surface area contributed by atoms with Gasteiger partial charge < -0.3 is 5.11 Å². The Morgan fingerprint density at radius 3 is 2.53 bits per heavy atom. The average Bonchev–Trinajstić information content (AvgIpc) is 2.38. The van der Waals surface area contributed by atoms with Gasteiger partial charge in [0.05, 0.1) is 19.9 Å². The van der Waals surface area contributed by atoms with Gasteiger partial charge in [-0.05, 0) is 19.4 Å². The molecule has 0 aromatic heterocycles. The third kappa shape index (κ3) is 1.11. The Labute approximate surface area is 89.0 Å². The fourth-order valence-electron chi connectivity index (χ4n) is 3.59. The molecular weight excluding hydrogens is 199 g/mol. The van der Waals surface area contributed by atoms with Crippen molar-refractivity contribution in [3.05, 3.63) is 0 Å². The highest BCUT2D eigenvalue weighted by Gasteiger charge is 2.77. The Hall–Kier alpha value is -0.155. The van der Waals surface area contributed by atoms with Crippen LogP contribution in [0.5, 0.6) is 0 Å². The normalized spacial score (nSPS) is 52.3. The molecule has 1 saturated carbocycles. The van der Waals surface area contributed by atoms with Gasteiger partial charge in [0.1, 0.15) is 0 Å². The van der Waals surface area contributed by atoms with Gasteiger partial charge in [-0.3, -0.25) is 4.90 Å². The van der Waals surface area contributed by atoms with E-state index < -0.39 is 16.9 Å². The van der Waals surface area contributed by atoms with E-state index in [4.69, 9.17) is 7.85 Å². The molecule has 0 aromatic rings. The second-order valence-corrected chi connectivity index (χ2v) is 5.57. The molecule has 2 heterocycles. The quantitative estimate of drug-likeness (QED) is 0.651. The van der Waals surface area contributed by atoms with Gasteiger partial charge in [-0.1, -0.05) is 5.82 Å². The Kier molecular flexibility index (Phi) is 1.71. The van der Waals surface area contributed by atoms with Gasteiger partial charge in [0.2, 0.25) is 0 Å². The van der Waals surface area contributed by atoms with Gasteiger partial charge >= 0.3 is 0 Å². The van der Waals surface area contributed by atoms with E-state index in [1.54, 1.807) is 0 Å². The zero-order valence-electron chi connectivity index (χ0n) is 8.55. The summed E-state index contributed by atoms with van der Waals surface area (Å²) in [6, 6.07) is 0. The first-order valence-corrected chi connectivity index (χ1v) is 5.42. The van der Waals surface area contributed by atoms with Crippen molar-refractivity contribution in [3.63, 3.8) is 0 Å². The van der Waals surface area contributed by atoms with E-state index in [2.05, 4.69) is 0 Å². The second-order valence-electron chi connectivity index (χ2n) is 5.57. The molecule has 3 fully saturated rings. The lowest BCUT2D eigenvalue weighted by molar-refractivity contribution is 0.0644. The monoisotopic (exact) mass is 213 g/mol. The van der Waals surface area contributed by atoms with E-state index in [0.29, 0.717) is 25.9 Å². The average molecular weight is 213 g/mol. The number of halogens is 2. The van der Waals surface area contributed by atoms with Crippen LogP contribution >= 0.6 is 0 Å². The Balaban J connectivity index is 1.86. The summed E-state index contributed by atoms with van der Waals surface area (Å²) >= 11 is 0. The summed E-state index contributed by atoms with van der Waals surface area (Å²) in [4.78, 5) is 1.98. The Bertz CT molecular complexity index is 314. The topological polar surface area (TPSA) is 23.5 Å². The first-order chi connectivity index (χ1) is 6.93. The van der Waals surface area contributed by atoms with Gasteiger partial charge in [-0.25, -0.2) is 8.78 Å². The van der Waals surface area contributed by atoms with Crippen LogP contribution < -0.4 is 0 Å². The summed E-state index contributed by atoms with van der Waals surface area (Å²) in [7, 11) is 5.82. The van der Waals surface area contributed by atoms with E-state index in [9.17, 15) is 13.9 Å².